The first-order chi connectivity index (χ1) is 15.2. The molecule has 0 spiro atoms. The molecule has 0 unspecified atom stereocenters. The Bertz CT molecular complexity index is 1190. The van der Waals surface area contributed by atoms with E-state index in [9.17, 15) is 18.3 Å². The maximum atomic E-state index is 12.7. The number of amides is 1. The van der Waals surface area contributed by atoms with Crippen LogP contribution >= 0.6 is 11.6 Å². The van der Waals surface area contributed by atoms with Crippen molar-refractivity contribution in [3.8, 4) is 17.1 Å². The lowest BCUT2D eigenvalue weighted by Crippen LogP contribution is -2.30. The van der Waals surface area contributed by atoms with Crippen molar-refractivity contribution in [3.05, 3.63) is 59.6 Å². The molecule has 2 aromatic carbocycles. The Morgan fingerprint density at radius 3 is 2.50 bits per heavy atom. The SMILES string of the molecule is CCN(CC)S(=O)(=O)c1ccc(O)c(NC(=O)CCc2ncc(-c3ccc(Cl)cc3)o2)c1. The van der Waals surface area contributed by atoms with Crippen LogP contribution in [0.3, 0.4) is 0 Å². The van der Waals surface area contributed by atoms with Crippen LogP contribution in [0.15, 0.2) is 58.0 Å². The number of oxazole rings is 1. The molecule has 0 saturated carbocycles. The number of nitrogens with zero attached hydrogens (tertiary/aromatic N) is 2. The highest BCUT2D eigenvalue weighted by atomic mass is 35.5. The van der Waals surface area contributed by atoms with Crippen molar-refractivity contribution in [2.75, 3.05) is 18.4 Å². The molecule has 0 atom stereocenters. The Hall–Kier alpha value is -2.88. The minimum Gasteiger partial charge on any atom is -0.506 e. The molecule has 0 bridgehead atoms. The number of nitrogens with one attached hydrogen (secondary N) is 1. The number of hydrogen-bond acceptors (Lipinski definition) is 6. The molecule has 1 aromatic heterocycles. The van der Waals surface area contributed by atoms with Crippen molar-refractivity contribution in [1.29, 1.82) is 0 Å². The van der Waals surface area contributed by atoms with E-state index in [0.29, 0.717) is 29.8 Å². The number of aromatic hydroxyl groups is 1. The lowest BCUT2D eigenvalue weighted by molar-refractivity contribution is -0.116. The first kappa shape index (κ1) is 23.8. The quantitative estimate of drug-likeness (QED) is 0.444. The summed E-state index contributed by atoms with van der Waals surface area (Å²) in [6.07, 6.45) is 1.84. The van der Waals surface area contributed by atoms with Gasteiger partial charge in [-0.3, -0.25) is 4.79 Å². The highest BCUT2D eigenvalue weighted by molar-refractivity contribution is 7.89. The van der Waals surface area contributed by atoms with E-state index >= 15 is 0 Å². The number of carbonyl (C=O) groups excluding carboxylic acids is 1. The molecule has 0 aliphatic carbocycles. The molecule has 0 fully saturated rings. The summed E-state index contributed by atoms with van der Waals surface area (Å²) in [6.45, 7) is 4.11. The zero-order valence-electron chi connectivity index (χ0n) is 17.7. The molecular formula is C22H24ClN3O5S. The van der Waals surface area contributed by atoms with E-state index < -0.39 is 15.9 Å². The van der Waals surface area contributed by atoms with Gasteiger partial charge < -0.3 is 14.8 Å². The summed E-state index contributed by atoms with van der Waals surface area (Å²) in [6, 6.07) is 10.9. The standard InChI is InChI=1S/C22H24ClN3O5S/c1-3-26(4-2)32(29,30)17-9-10-19(27)18(13-17)25-21(28)11-12-22-24-14-20(31-22)15-5-7-16(23)8-6-15/h5-10,13-14,27H,3-4,11-12H2,1-2H3,(H,25,28). The zero-order chi connectivity index (χ0) is 23.3. The van der Waals surface area contributed by atoms with E-state index in [0.717, 1.165) is 5.56 Å². The van der Waals surface area contributed by atoms with Crippen molar-refractivity contribution in [1.82, 2.24) is 9.29 Å². The van der Waals surface area contributed by atoms with Gasteiger partial charge in [-0.15, -0.1) is 0 Å². The molecule has 0 aliphatic rings. The molecule has 0 aliphatic heterocycles. The van der Waals surface area contributed by atoms with Gasteiger partial charge in [0.1, 0.15) is 5.75 Å². The van der Waals surface area contributed by atoms with Crippen LogP contribution in [-0.4, -0.2) is 41.8 Å². The second-order valence-corrected chi connectivity index (χ2v) is 9.32. The molecule has 3 aromatic rings. The van der Waals surface area contributed by atoms with Crippen LogP contribution in [-0.2, 0) is 21.2 Å². The predicted octanol–water partition coefficient (Wildman–Crippen LogP) is 4.30. The maximum Gasteiger partial charge on any atom is 0.243 e. The highest BCUT2D eigenvalue weighted by Crippen LogP contribution is 2.28. The Labute approximate surface area is 191 Å². The van der Waals surface area contributed by atoms with Crippen molar-refractivity contribution < 1.29 is 22.7 Å². The number of phenolic OH excluding ortho intramolecular Hbond substituents is 1. The molecule has 32 heavy (non-hydrogen) atoms. The van der Waals surface area contributed by atoms with Gasteiger partial charge in [-0.05, 0) is 42.5 Å². The van der Waals surface area contributed by atoms with Gasteiger partial charge in [0, 0.05) is 36.5 Å². The normalized spacial score (nSPS) is 11.6. The van der Waals surface area contributed by atoms with Gasteiger partial charge in [-0.2, -0.15) is 4.31 Å². The van der Waals surface area contributed by atoms with Crippen LogP contribution in [0.2, 0.25) is 5.02 Å². The molecule has 8 nitrogen and oxygen atoms in total. The number of halogens is 1. The maximum absolute atomic E-state index is 12.7. The third-order valence-electron chi connectivity index (χ3n) is 4.83. The number of anilines is 1. The molecule has 1 heterocycles. The highest BCUT2D eigenvalue weighted by Gasteiger charge is 2.23. The van der Waals surface area contributed by atoms with E-state index in [4.69, 9.17) is 16.0 Å². The summed E-state index contributed by atoms with van der Waals surface area (Å²) in [7, 11) is -3.72. The van der Waals surface area contributed by atoms with Gasteiger partial charge in [-0.1, -0.05) is 25.4 Å². The molecule has 170 valence electrons. The lowest BCUT2D eigenvalue weighted by Gasteiger charge is -2.19. The van der Waals surface area contributed by atoms with Crippen LogP contribution in [0.4, 0.5) is 5.69 Å². The second-order valence-electron chi connectivity index (χ2n) is 6.94. The minimum atomic E-state index is -3.72. The summed E-state index contributed by atoms with van der Waals surface area (Å²) in [5.41, 5.74) is 0.839. The van der Waals surface area contributed by atoms with Crippen molar-refractivity contribution in [3.63, 3.8) is 0 Å². The number of rotatable bonds is 9. The van der Waals surface area contributed by atoms with Gasteiger partial charge in [0.2, 0.25) is 15.9 Å². The number of phenols is 1. The van der Waals surface area contributed by atoms with Gasteiger partial charge in [-0.25, -0.2) is 13.4 Å². The first-order valence-corrected chi connectivity index (χ1v) is 11.9. The van der Waals surface area contributed by atoms with E-state index in [1.165, 1.54) is 22.5 Å². The number of benzene rings is 2. The largest absolute Gasteiger partial charge is 0.506 e. The summed E-state index contributed by atoms with van der Waals surface area (Å²) in [5, 5.41) is 13.2. The molecule has 2 N–H and O–H groups in total. The number of carbonyl (C=O) groups is 1. The fourth-order valence-electron chi connectivity index (χ4n) is 3.09. The molecule has 0 saturated heterocycles. The second kappa shape index (κ2) is 10.2. The van der Waals surface area contributed by atoms with E-state index in [2.05, 4.69) is 10.3 Å². The third kappa shape index (κ3) is 5.48. The van der Waals surface area contributed by atoms with E-state index in [1.54, 1.807) is 44.3 Å². The third-order valence-corrected chi connectivity index (χ3v) is 7.13. The van der Waals surface area contributed by atoms with E-state index in [1.807, 2.05) is 0 Å². The minimum absolute atomic E-state index is 0.00499. The monoisotopic (exact) mass is 477 g/mol. The fraction of sp³-hybridized carbons (Fsp3) is 0.273. The summed E-state index contributed by atoms with van der Waals surface area (Å²) in [5.74, 6) is 0.304. The number of aromatic nitrogens is 1. The van der Waals surface area contributed by atoms with Crippen LogP contribution < -0.4 is 5.32 Å². The predicted molar refractivity (Wildman–Crippen MR) is 122 cm³/mol. The van der Waals surface area contributed by atoms with Gasteiger partial charge in [0.15, 0.2) is 11.7 Å². The van der Waals surface area contributed by atoms with Gasteiger partial charge >= 0.3 is 0 Å². The fourth-order valence-corrected chi connectivity index (χ4v) is 4.71. The number of hydrogen-bond donors (Lipinski definition) is 2. The van der Waals surface area contributed by atoms with Crippen LogP contribution in [0.1, 0.15) is 26.2 Å². The summed E-state index contributed by atoms with van der Waals surface area (Å²) < 4.78 is 32.4. The Kier molecular flexibility index (Phi) is 7.55. The van der Waals surface area contributed by atoms with Crippen LogP contribution in [0.5, 0.6) is 5.75 Å². The molecule has 3 rings (SSSR count). The van der Waals surface area contributed by atoms with Crippen molar-refractivity contribution in [2.45, 2.75) is 31.6 Å². The first-order valence-electron chi connectivity index (χ1n) is 10.1. The zero-order valence-corrected chi connectivity index (χ0v) is 19.3. The molecule has 1 amide bonds. The summed E-state index contributed by atoms with van der Waals surface area (Å²) >= 11 is 5.89. The molecule has 0 radical (unpaired) electrons. The van der Waals surface area contributed by atoms with Gasteiger partial charge in [0.25, 0.3) is 0 Å². The number of sulfonamides is 1. The molecular weight excluding hydrogens is 454 g/mol. The van der Waals surface area contributed by atoms with Crippen LogP contribution in [0, 0.1) is 0 Å². The van der Waals surface area contributed by atoms with Crippen LogP contribution in [0.25, 0.3) is 11.3 Å². The summed E-state index contributed by atoms with van der Waals surface area (Å²) in [4.78, 5) is 16.6. The average Bonchev–Trinajstić information content (AvgIpc) is 3.24. The van der Waals surface area contributed by atoms with Crippen molar-refractivity contribution >= 4 is 33.2 Å². The molecule has 10 heteroatoms. The Morgan fingerprint density at radius 1 is 1.16 bits per heavy atom. The average molecular weight is 478 g/mol. The lowest BCUT2D eigenvalue weighted by atomic mass is 10.2. The Balaban J connectivity index is 1.66. The Morgan fingerprint density at radius 2 is 1.84 bits per heavy atom. The number of aryl methyl sites for hydroxylation is 1. The smallest absolute Gasteiger partial charge is 0.243 e. The topological polar surface area (TPSA) is 113 Å². The van der Waals surface area contributed by atoms with Crippen molar-refractivity contribution in [2.24, 2.45) is 0 Å². The van der Waals surface area contributed by atoms with E-state index in [-0.39, 0.29) is 29.2 Å². The van der Waals surface area contributed by atoms with Gasteiger partial charge in [0.05, 0.1) is 16.8 Å².